The average Bonchev–Trinajstić information content (AvgIpc) is 2.49. The third kappa shape index (κ3) is 6.30. The molecule has 1 aromatic carbocycles. The summed E-state index contributed by atoms with van der Waals surface area (Å²) in [5, 5.41) is 11.5. The second-order valence-corrected chi connectivity index (χ2v) is 5.29. The number of carbonyl (C=O) groups excluding carboxylic acids is 1. The van der Waals surface area contributed by atoms with Crippen molar-refractivity contribution in [3.05, 3.63) is 35.4 Å². The Morgan fingerprint density at radius 3 is 2.22 bits per heavy atom. The van der Waals surface area contributed by atoms with E-state index in [1.807, 2.05) is 6.92 Å². The molecule has 1 atom stereocenters. The van der Waals surface area contributed by atoms with E-state index in [1.165, 1.54) is 0 Å². The number of unbranched alkanes of at least 4 members (excludes halogenated alkanes) is 3. The van der Waals surface area contributed by atoms with Crippen LogP contribution in [0.25, 0.3) is 0 Å². The molecule has 1 amide bonds. The topological polar surface area (TPSA) is 66.4 Å². The largest absolute Gasteiger partial charge is 0.480 e. The van der Waals surface area contributed by atoms with E-state index in [1.54, 1.807) is 0 Å². The van der Waals surface area contributed by atoms with Gasteiger partial charge in [0.15, 0.2) is 0 Å². The Hall–Kier alpha value is -2.05. The molecule has 0 aliphatic carbocycles. The number of halogens is 3. The lowest BCUT2D eigenvalue weighted by atomic mass is 10.1. The summed E-state index contributed by atoms with van der Waals surface area (Å²) >= 11 is 0. The Morgan fingerprint density at radius 1 is 1.13 bits per heavy atom. The highest BCUT2D eigenvalue weighted by atomic mass is 19.4. The number of benzene rings is 1. The number of hydrogen-bond donors (Lipinski definition) is 2. The fourth-order valence-electron chi connectivity index (χ4n) is 2.08. The van der Waals surface area contributed by atoms with E-state index in [0.29, 0.717) is 12.8 Å². The third-order valence-corrected chi connectivity index (χ3v) is 3.42. The molecule has 0 heterocycles. The SMILES string of the molecule is CCCCCC[C@H](NC(=O)c1ccc(C(F)(F)F)cc1)C(=O)O. The number of amides is 1. The van der Waals surface area contributed by atoms with Crippen LogP contribution in [0.3, 0.4) is 0 Å². The normalized spacial score (nSPS) is 12.7. The van der Waals surface area contributed by atoms with Gasteiger partial charge in [0, 0.05) is 5.56 Å². The summed E-state index contributed by atoms with van der Waals surface area (Å²) in [6, 6.07) is 2.63. The van der Waals surface area contributed by atoms with Crippen LogP contribution >= 0.6 is 0 Å². The van der Waals surface area contributed by atoms with Crippen molar-refractivity contribution >= 4 is 11.9 Å². The van der Waals surface area contributed by atoms with Crippen molar-refractivity contribution < 1.29 is 27.9 Å². The highest BCUT2D eigenvalue weighted by Crippen LogP contribution is 2.29. The predicted molar refractivity (Wildman–Crippen MR) is 79.1 cm³/mol. The van der Waals surface area contributed by atoms with Gasteiger partial charge >= 0.3 is 12.1 Å². The van der Waals surface area contributed by atoms with Crippen molar-refractivity contribution in [2.45, 2.75) is 51.2 Å². The lowest BCUT2D eigenvalue weighted by Gasteiger charge is -2.15. The Labute approximate surface area is 132 Å². The van der Waals surface area contributed by atoms with Gasteiger partial charge < -0.3 is 10.4 Å². The zero-order chi connectivity index (χ0) is 17.5. The van der Waals surface area contributed by atoms with Crippen LogP contribution in [0.2, 0.25) is 0 Å². The second-order valence-electron chi connectivity index (χ2n) is 5.29. The van der Waals surface area contributed by atoms with E-state index in [4.69, 9.17) is 5.11 Å². The highest BCUT2D eigenvalue weighted by Gasteiger charge is 2.30. The van der Waals surface area contributed by atoms with Crippen LogP contribution < -0.4 is 5.32 Å². The first-order chi connectivity index (χ1) is 10.8. The van der Waals surface area contributed by atoms with Crippen molar-refractivity contribution in [1.29, 1.82) is 0 Å². The zero-order valence-corrected chi connectivity index (χ0v) is 12.8. The second kappa shape index (κ2) is 8.55. The van der Waals surface area contributed by atoms with Crippen molar-refractivity contribution in [2.75, 3.05) is 0 Å². The van der Waals surface area contributed by atoms with Gasteiger partial charge in [-0.05, 0) is 30.7 Å². The van der Waals surface area contributed by atoms with Crippen LogP contribution in [0, 0.1) is 0 Å². The van der Waals surface area contributed by atoms with Crippen molar-refractivity contribution in [2.24, 2.45) is 0 Å². The molecule has 0 saturated carbocycles. The minimum Gasteiger partial charge on any atom is -0.480 e. The van der Waals surface area contributed by atoms with E-state index in [9.17, 15) is 22.8 Å². The van der Waals surface area contributed by atoms with Crippen molar-refractivity contribution in [1.82, 2.24) is 5.32 Å². The zero-order valence-electron chi connectivity index (χ0n) is 12.8. The number of aliphatic carboxylic acids is 1. The molecule has 0 aromatic heterocycles. The van der Waals surface area contributed by atoms with Crippen LogP contribution in [0.4, 0.5) is 13.2 Å². The summed E-state index contributed by atoms with van der Waals surface area (Å²) in [7, 11) is 0. The van der Waals surface area contributed by atoms with Crippen LogP contribution in [-0.4, -0.2) is 23.0 Å². The predicted octanol–water partition coefficient (Wildman–Crippen LogP) is 3.86. The van der Waals surface area contributed by atoms with Gasteiger partial charge in [-0.1, -0.05) is 32.6 Å². The number of alkyl halides is 3. The Bertz CT molecular complexity index is 526. The van der Waals surface area contributed by atoms with Crippen molar-refractivity contribution in [3.63, 3.8) is 0 Å². The average molecular weight is 331 g/mol. The van der Waals surface area contributed by atoms with Gasteiger partial charge in [0.05, 0.1) is 5.56 Å². The summed E-state index contributed by atoms with van der Waals surface area (Å²) in [5.74, 6) is -1.84. The molecule has 0 bridgehead atoms. The molecular weight excluding hydrogens is 311 g/mol. The molecule has 23 heavy (non-hydrogen) atoms. The molecule has 0 aliphatic rings. The molecule has 0 saturated heterocycles. The molecule has 0 fully saturated rings. The van der Waals surface area contributed by atoms with Crippen LogP contribution in [0.15, 0.2) is 24.3 Å². The lowest BCUT2D eigenvalue weighted by Crippen LogP contribution is -2.40. The number of carboxylic acids is 1. The Kier molecular flexibility index (Phi) is 7.06. The first-order valence-corrected chi connectivity index (χ1v) is 7.46. The van der Waals surface area contributed by atoms with E-state index < -0.39 is 29.7 Å². The molecule has 1 rings (SSSR count). The fraction of sp³-hybridized carbons (Fsp3) is 0.500. The molecule has 0 aliphatic heterocycles. The molecule has 1 aromatic rings. The minimum absolute atomic E-state index is 0.00203. The lowest BCUT2D eigenvalue weighted by molar-refractivity contribution is -0.139. The highest BCUT2D eigenvalue weighted by molar-refractivity contribution is 5.96. The van der Waals surface area contributed by atoms with Gasteiger partial charge in [-0.3, -0.25) is 4.79 Å². The summed E-state index contributed by atoms with van der Waals surface area (Å²) in [6.45, 7) is 2.03. The summed E-state index contributed by atoms with van der Waals surface area (Å²) in [6.07, 6.45) is -0.650. The summed E-state index contributed by atoms with van der Waals surface area (Å²) < 4.78 is 37.4. The van der Waals surface area contributed by atoms with E-state index >= 15 is 0 Å². The maximum absolute atomic E-state index is 12.5. The maximum Gasteiger partial charge on any atom is 0.416 e. The van der Waals surface area contributed by atoms with E-state index in [0.717, 1.165) is 43.5 Å². The minimum atomic E-state index is -4.47. The van der Waals surface area contributed by atoms with Gasteiger partial charge in [0.1, 0.15) is 6.04 Å². The first-order valence-electron chi connectivity index (χ1n) is 7.46. The van der Waals surface area contributed by atoms with Crippen molar-refractivity contribution in [3.8, 4) is 0 Å². The maximum atomic E-state index is 12.5. The molecule has 4 nitrogen and oxygen atoms in total. The number of hydrogen-bond acceptors (Lipinski definition) is 2. The quantitative estimate of drug-likeness (QED) is 0.711. The Morgan fingerprint density at radius 2 is 1.74 bits per heavy atom. The van der Waals surface area contributed by atoms with Gasteiger partial charge in [-0.2, -0.15) is 13.2 Å². The Balaban J connectivity index is 2.66. The molecule has 2 N–H and O–H groups in total. The summed E-state index contributed by atoms with van der Waals surface area (Å²) in [5.41, 5.74) is -0.860. The smallest absolute Gasteiger partial charge is 0.416 e. The molecule has 0 radical (unpaired) electrons. The van der Waals surface area contributed by atoms with Crippen LogP contribution in [0.1, 0.15) is 54.9 Å². The number of carbonyl (C=O) groups is 2. The molecule has 0 unspecified atom stereocenters. The van der Waals surface area contributed by atoms with Gasteiger partial charge in [0.2, 0.25) is 0 Å². The van der Waals surface area contributed by atoms with Gasteiger partial charge in [0.25, 0.3) is 5.91 Å². The van der Waals surface area contributed by atoms with E-state index in [-0.39, 0.29) is 5.56 Å². The molecule has 0 spiro atoms. The number of rotatable bonds is 8. The van der Waals surface area contributed by atoms with Gasteiger partial charge in [-0.15, -0.1) is 0 Å². The van der Waals surface area contributed by atoms with Gasteiger partial charge in [-0.25, -0.2) is 4.79 Å². The number of nitrogens with one attached hydrogen (secondary N) is 1. The molecule has 7 heteroatoms. The first kappa shape index (κ1) is 19.0. The fourth-order valence-corrected chi connectivity index (χ4v) is 2.08. The summed E-state index contributed by atoms with van der Waals surface area (Å²) in [4.78, 5) is 23.1. The monoisotopic (exact) mass is 331 g/mol. The third-order valence-electron chi connectivity index (χ3n) is 3.42. The standard InChI is InChI=1S/C16H20F3NO3/c1-2-3-4-5-6-13(15(22)23)20-14(21)11-7-9-12(10-8-11)16(17,18)19/h7-10,13H,2-6H2,1H3,(H,20,21)(H,22,23)/t13-/m0/s1. The van der Waals surface area contributed by atoms with Crippen LogP contribution in [0.5, 0.6) is 0 Å². The van der Waals surface area contributed by atoms with E-state index in [2.05, 4.69) is 5.32 Å². The molecule has 128 valence electrons. The molecular formula is C16H20F3NO3. The van der Waals surface area contributed by atoms with Crippen LogP contribution in [-0.2, 0) is 11.0 Å². The number of carboxylic acid groups (broad SMARTS) is 1.